The molecule has 0 unspecified atom stereocenters. The van der Waals surface area contributed by atoms with E-state index in [1.54, 1.807) is 0 Å². The maximum atomic E-state index is 12.2. The summed E-state index contributed by atoms with van der Waals surface area (Å²) in [5.41, 5.74) is -0.150. The largest absolute Gasteiger partial charge is 0.351 e. The van der Waals surface area contributed by atoms with Crippen LogP contribution in [0, 0.1) is 5.41 Å². The molecule has 1 heterocycles. The van der Waals surface area contributed by atoms with Gasteiger partial charge < -0.3 is 10.6 Å². The Hall–Kier alpha value is -0.350. The molecule has 0 aliphatic carbocycles. The molecule has 1 fully saturated rings. The van der Waals surface area contributed by atoms with Crippen molar-refractivity contribution in [2.24, 2.45) is 5.41 Å². The third kappa shape index (κ3) is 3.59. The maximum Gasteiger partial charge on any atom is 0.226 e. The average Bonchev–Trinajstić information content (AvgIpc) is 2.27. The number of halogens is 1. The molecule has 0 radical (unpaired) electrons. The van der Waals surface area contributed by atoms with Crippen molar-refractivity contribution in [2.45, 2.75) is 32.6 Å². The average molecular weight is 289 g/mol. The lowest BCUT2D eigenvalue weighted by molar-refractivity contribution is -0.132. The van der Waals surface area contributed by atoms with E-state index in [4.69, 9.17) is 0 Å². The summed E-state index contributed by atoms with van der Waals surface area (Å²) in [5.74, 6) is 0.191. The van der Waals surface area contributed by atoms with E-state index in [1.165, 1.54) is 0 Å². The van der Waals surface area contributed by atoms with Crippen LogP contribution in [-0.2, 0) is 4.79 Å². The molecule has 1 saturated heterocycles. The molecule has 0 aromatic rings. The van der Waals surface area contributed by atoms with Crippen LogP contribution in [0.1, 0.15) is 32.6 Å². The van der Waals surface area contributed by atoms with E-state index in [1.807, 2.05) is 0 Å². The van der Waals surface area contributed by atoms with Gasteiger partial charge in [-0.3, -0.25) is 4.79 Å². The number of rotatable bonds is 5. The molecule has 3 nitrogen and oxygen atoms in total. The third-order valence-electron chi connectivity index (χ3n) is 3.21. The van der Waals surface area contributed by atoms with Gasteiger partial charge in [0.25, 0.3) is 0 Å². The number of carbonyl (C=O) groups is 1. The van der Waals surface area contributed by atoms with E-state index in [-0.39, 0.29) is 11.3 Å². The Morgan fingerprint density at radius 2 is 2.12 bits per heavy atom. The van der Waals surface area contributed by atoms with Crippen molar-refractivity contribution in [3.05, 3.63) is 11.1 Å². The number of carbonyl (C=O) groups excluding carboxylic acids is 1. The van der Waals surface area contributed by atoms with E-state index in [9.17, 15) is 4.79 Å². The number of hydrogen-bond acceptors (Lipinski definition) is 2. The zero-order valence-corrected chi connectivity index (χ0v) is 11.5. The Balaban J connectivity index is 2.60. The summed E-state index contributed by atoms with van der Waals surface area (Å²) in [6, 6.07) is 0. The fraction of sp³-hybridized carbons (Fsp3) is 0.750. The minimum absolute atomic E-state index is 0.150. The summed E-state index contributed by atoms with van der Waals surface area (Å²) in [7, 11) is 0. The van der Waals surface area contributed by atoms with Gasteiger partial charge >= 0.3 is 0 Å². The normalized spacial score (nSPS) is 19.1. The van der Waals surface area contributed by atoms with Crippen LogP contribution < -0.4 is 10.6 Å². The van der Waals surface area contributed by atoms with Crippen molar-refractivity contribution in [1.82, 2.24) is 10.6 Å². The standard InChI is InChI=1S/C12H21BrN2O/c1-3-4-12(5-7-14-8-6-12)11(16)15-9-10(2)13/h14H,2-9H2,1H3,(H,15,16). The second-order valence-electron chi connectivity index (χ2n) is 4.48. The molecule has 1 aliphatic heterocycles. The van der Waals surface area contributed by atoms with Gasteiger partial charge in [0.2, 0.25) is 5.91 Å². The van der Waals surface area contributed by atoms with Crippen LogP contribution in [0.2, 0.25) is 0 Å². The lowest BCUT2D eigenvalue weighted by Gasteiger charge is -2.36. The first kappa shape index (κ1) is 13.7. The highest BCUT2D eigenvalue weighted by molar-refractivity contribution is 9.11. The number of hydrogen-bond donors (Lipinski definition) is 2. The van der Waals surface area contributed by atoms with Crippen LogP contribution in [0.5, 0.6) is 0 Å². The van der Waals surface area contributed by atoms with Crippen LogP contribution in [0.4, 0.5) is 0 Å². The first-order valence-electron chi connectivity index (χ1n) is 5.93. The fourth-order valence-electron chi connectivity index (χ4n) is 2.34. The van der Waals surface area contributed by atoms with Crippen LogP contribution in [0.25, 0.3) is 0 Å². The summed E-state index contributed by atoms with van der Waals surface area (Å²) < 4.78 is 0.821. The molecule has 0 spiro atoms. The van der Waals surface area contributed by atoms with Crippen LogP contribution in [-0.4, -0.2) is 25.5 Å². The van der Waals surface area contributed by atoms with Gasteiger partial charge in [0.1, 0.15) is 0 Å². The molecule has 0 bridgehead atoms. The van der Waals surface area contributed by atoms with Crippen LogP contribution in [0.3, 0.4) is 0 Å². The third-order valence-corrected chi connectivity index (χ3v) is 3.49. The number of piperidine rings is 1. The van der Waals surface area contributed by atoms with Crippen LogP contribution in [0.15, 0.2) is 11.1 Å². The molecule has 16 heavy (non-hydrogen) atoms. The second-order valence-corrected chi connectivity index (χ2v) is 5.60. The van der Waals surface area contributed by atoms with Gasteiger partial charge in [0.15, 0.2) is 0 Å². The zero-order valence-electron chi connectivity index (χ0n) is 9.94. The quantitative estimate of drug-likeness (QED) is 0.814. The summed E-state index contributed by atoms with van der Waals surface area (Å²) >= 11 is 3.26. The van der Waals surface area contributed by atoms with E-state index in [0.717, 1.165) is 43.3 Å². The van der Waals surface area contributed by atoms with Gasteiger partial charge in [-0.15, -0.1) is 0 Å². The fourth-order valence-corrected chi connectivity index (χ4v) is 2.48. The van der Waals surface area contributed by atoms with E-state index in [2.05, 4.69) is 40.1 Å². The Labute approximate surface area is 106 Å². The molecule has 4 heteroatoms. The molecule has 0 aromatic carbocycles. The first-order chi connectivity index (χ1) is 7.60. The monoisotopic (exact) mass is 288 g/mol. The van der Waals surface area contributed by atoms with Gasteiger partial charge in [0, 0.05) is 11.0 Å². The second kappa shape index (κ2) is 6.40. The molecule has 1 rings (SSSR count). The molecule has 1 aliphatic rings. The molecule has 1 amide bonds. The lowest BCUT2D eigenvalue weighted by Crippen LogP contribution is -2.47. The molecule has 2 N–H and O–H groups in total. The number of nitrogens with one attached hydrogen (secondary N) is 2. The minimum atomic E-state index is -0.150. The minimum Gasteiger partial charge on any atom is -0.351 e. The van der Waals surface area contributed by atoms with Crippen molar-refractivity contribution >= 4 is 21.8 Å². The van der Waals surface area contributed by atoms with Gasteiger partial charge in [-0.05, 0) is 32.4 Å². The molecular weight excluding hydrogens is 268 g/mol. The Morgan fingerprint density at radius 3 is 2.62 bits per heavy atom. The highest BCUT2D eigenvalue weighted by Crippen LogP contribution is 2.34. The van der Waals surface area contributed by atoms with Gasteiger partial charge in [-0.2, -0.15) is 0 Å². The van der Waals surface area contributed by atoms with Crippen molar-refractivity contribution in [3.8, 4) is 0 Å². The Bertz CT molecular complexity index is 254. The molecule has 0 aromatic heterocycles. The van der Waals surface area contributed by atoms with Crippen molar-refractivity contribution in [3.63, 3.8) is 0 Å². The van der Waals surface area contributed by atoms with Gasteiger partial charge in [-0.25, -0.2) is 0 Å². The highest BCUT2D eigenvalue weighted by Gasteiger charge is 2.38. The molecule has 0 atom stereocenters. The summed E-state index contributed by atoms with van der Waals surface area (Å²) in [5, 5.41) is 6.28. The maximum absolute atomic E-state index is 12.2. The summed E-state index contributed by atoms with van der Waals surface area (Å²) in [4.78, 5) is 12.2. The lowest BCUT2D eigenvalue weighted by atomic mass is 9.74. The SMILES string of the molecule is C=C(Br)CNC(=O)C1(CCC)CCNCC1. The van der Waals surface area contributed by atoms with Gasteiger partial charge in [0.05, 0.1) is 5.41 Å². The summed E-state index contributed by atoms with van der Waals surface area (Å²) in [6.07, 6.45) is 3.93. The van der Waals surface area contributed by atoms with Crippen molar-refractivity contribution in [2.75, 3.05) is 19.6 Å². The van der Waals surface area contributed by atoms with Crippen molar-refractivity contribution in [1.29, 1.82) is 0 Å². The van der Waals surface area contributed by atoms with Gasteiger partial charge in [-0.1, -0.05) is 35.9 Å². The molecule has 0 saturated carbocycles. The first-order valence-corrected chi connectivity index (χ1v) is 6.72. The van der Waals surface area contributed by atoms with Crippen LogP contribution >= 0.6 is 15.9 Å². The molecule has 92 valence electrons. The highest BCUT2D eigenvalue weighted by atomic mass is 79.9. The molecular formula is C12H21BrN2O. The topological polar surface area (TPSA) is 41.1 Å². The smallest absolute Gasteiger partial charge is 0.226 e. The predicted octanol–water partition coefficient (Wildman–Crippen LogP) is 2.18. The Kier molecular flexibility index (Phi) is 5.49. The van der Waals surface area contributed by atoms with E-state index >= 15 is 0 Å². The predicted molar refractivity (Wildman–Crippen MR) is 70.5 cm³/mol. The van der Waals surface area contributed by atoms with E-state index in [0.29, 0.717) is 6.54 Å². The Morgan fingerprint density at radius 1 is 1.50 bits per heavy atom. The summed E-state index contributed by atoms with van der Waals surface area (Å²) in [6.45, 7) is 8.29. The van der Waals surface area contributed by atoms with E-state index < -0.39 is 0 Å². The number of amides is 1. The zero-order chi connectivity index (χ0) is 12.0. The van der Waals surface area contributed by atoms with Crippen molar-refractivity contribution < 1.29 is 4.79 Å².